The van der Waals surface area contributed by atoms with Gasteiger partial charge in [0.25, 0.3) is 5.09 Å². The predicted molar refractivity (Wildman–Crippen MR) is 48.7 cm³/mol. The Morgan fingerprint density at radius 3 is 2.50 bits per heavy atom. The molecule has 0 N–H and O–H groups in total. The summed E-state index contributed by atoms with van der Waals surface area (Å²) in [5.41, 5.74) is 0.330. The van der Waals surface area contributed by atoms with Crippen LogP contribution >= 0.6 is 11.6 Å². The Hall–Kier alpha value is -1.62. The molecule has 0 spiro atoms. The molecule has 0 saturated carbocycles. The molecule has 0 bridgehead atoms. The molecule has 0 aliphatic heterocycles. The molecule has 6 heteroatoms. The smallest absolute Gasteiger partial charge is 0.294 e. The number of halogens is 1. The fraction of sp³-hybridized carbons (Fsp3) is 0.125. The summed E-state index contributed by atoms with van der Waals surface area (Å²) in [6.45, 7) is -0.575. The molecule has 14 heavy (non-hydrogen) atoms. The molecule has 0 amide bonds. The molecule has 74 valence electrons. The zero-order chi connectivity index (χ0) is 10.6. The van der Waals surface area contributed by atoms with Crippen LogP contribution in [0, 0.1) is 10.1 Å². The number of hydrogen-bond donors (Lipinski definition) is 0. The van der Waals surface area contributed by atoms with Gasteiger partial charge in [-0.3, -0.25) is 4.79 Å². The van der Waals surface area contributed by atoms with Crippen LogP contribution in [0.15, 0.2) is 24.3 Å². The molecule has 0 radical (unpaired) electrons. The maximum absolute atomic E-state index is 11.2. The second-order valence-corrected chi connectivity index (χ2v) is 2.86. The minimum atomic E-state index is -1.01. The molecule has 0 aliphatic rings. The van der Waals surface area contributed by atoms with E-state index in [1.54, 1.807) is 0 Å². The first kappa shape index (κ1) is 10.5. The second kappa shape index (κ2) is 4.57. The Morgan fingerprint density at radius 2 is 2.00 bits per heavy atom. The zero-order valence-electron chi connectivity index (χ0n) is 6.97. The molecule has 0 atom stereocenters. The van der Waals surface area contributed by atoms with Gasteiger partial charge >= 0.3 is 0 Å². The third-order valence-electron chi connectivity index (χ3n) is 1.47. The van der Waals surface area contributed by atoms with Crippen LogP contribution in [0.3, 0.4) is 0 Å². The van der Waals surface area contributed by atoms with Crippen molar-refractivity contribution in [3.8, 4) is 0 Å². The highest BCUT2D eigenvalue weighted by Gasteiger charge is 2.07. The number of carbonyl (C=O) groups excluding carboxylic acids is 1. The third-order valence-corrected chi connectivity index (χ3v) is 1.72. The maximum Gasteiger partial charge on any atom is 0.294 e. The Labute approximate surface area is 84.3 Å². The molecular formula is C8H6ClNO4. The minimum absolute atomic E-state index is 0.330. The van der Waals surface area contributed by atoms with E-state index in [0.29, 0.717) is 10.6 Å². The number of hydrogen-bond acceptors (Lipinski definition) is 4. The van der Waals surface area contributed by atoms with Crippen molar-refractivity contribution in [1.29, 1.82) is 0 Å². The van der Waals surface area contributed by atoms with Crippen LogP contribution in [0.5, 0.6) is 0 Å². The Kier molecular flexibility index (Phi) is 3.41. The van der Waals surface area contributed by atoms with E-state index in [4.69, 9.17) is 11.6 Å². The molecule has 0 aliphatic carbocycles. The lowest BCUT2D eigenvalue weighted by atomic mass is 10.1. The summed E-state index contributed by atoms with van der Waals surface area (Å²) in [5, 5.41) is 9.29. The van der Waals surface area contributed by atoms with Crippen LogP contribution in [-0.4, -0.2) is 17.5 Å². The van der Waals surface area contributed by atoms with E-state index >= 15 is 0 Å². The average Bonchev–Trinajstić information content (AvgIpc) is 2.15. The maximum atomic E-state index is 11.2. The van der Waals surface area contributed by atoms with Crippen molar-refractivity contribution in [2.75, 3.05) is 6.61 Å². The molecule has 1 rings (SSSR count). The molecular weight excluding hydrogens is 210 g/mol. The molecule has 1 aromatic carbocycles. The van der Waals surface area contributed by atoms with E-state index in [-0.39, 0.29) is 0 Å². The molecule has 0 fully saturated rings. The minimum Gasteiger partial charge on any atom is -0.306 e. The Morgan fingerprint density at radius 1 is 1.43 bits per heavy atom. The highest BCUT2D eigenvalue weighted by molar-refractivity contribution is 6.30. The van der Waals surface area contributed by atoms with Crippen molar-refractivity contribution in [3.63, 3.8) is 0 Å². The van der Waals surface area contributed by atoms with E-state index in [9.17, 15) is 14.9 Å². The first-order chi connectivity index (χ1) is 6.59. The molecule has 1 aromatic rings. The predicted octanol–water partition coefficient (Wildman–Crippen LogP) is 1.73. The van der Waals surface area contributed by atoms with E-state index < -0.39 is 17.5 Å². The standard InChI is InChI=1S/C8H6ClNO4/c9-7-3-1-6(2-4-7)8(11)5-14-10(12)13/h1-4H,5H2. The normalized spacial score (nSPS) is 9.50. The molecule has 0 aromatic heterocycles. The second-order valence-electron chi connectivity index (χ2n) is 2.43. The van der Waals surface area contributed by atoms with Gasteiger partial charge in [0, 0.05) is 10.6 Å². The first-order valence-electron chi connectivity index (χ1n) is 3.65. The van der Waals surface area contributed by atoms with E-state index in [2.05, 4.69) is 4.84 Å². The van der Waals surface area contributed by atoms with Gasteiger partial charge < -0.3 is 4.84 Å². The van der Waals surface area contributed by atoms with Gasteiger partial charge in [-0.25, -0.2) is 0 Å². The number of rotatable bonds is 4. The number of carbonyl (C=O) groups is 1. The highest BCUT2D eigenvalue weighted by Crippen LogP contribution is 2.09. The zero-order valence-corrected chi connectivity index (χ0v) is 7.73. The topological polar surface area (TPSA) is 69.4 Å². The lowest BCUT2D eigenvalue weighted by molar-refractivity contribution is -0.754. The lowest BCUT2D eigenvalue weighted by Gasteiger charge is -1.99. The van der Waals surface area contributed by atoms with Crippen molar-refractivity contribution in [1.82, 2.24) is 0 Å². The van der Waals surface area contributed by atoms with Gasteiger partial charge in [-0.2, -0.15) is 0 Å². The molecule has 0 heterocycles. The fourth-order valence-electron chi connectivity index (χ4n) is 0.830. The van der Waals surface area contributed by atoms with Crippen LogP contribution in [0.2, 0.25) is 5.02 Å². The van der Waals surface area contributed by atoms with Crippen molar-refractivity contribution in [2.24, 2.45) is 0 Å². The SMILES string of the molecule is O=C(CO[N+](=O)[O-])c1ccc(Cl)cc1. The van der Waals surface area contributed by atoms with Crippen LogP contribution in [0.4, 0.5) is 0 Å². The number of ketones is 1. The largest absolute Gasteiger partial charge is 0.306 e. The van der Waals surface area contributed by atoms with Gasteiger partial charge in [0.05, 0.1) is 0 Å². The Balaban J connectivity index is 2.61. The molecule has 0 saturated heterocycles. The van der Waals surface area contributed by atoms with E-state index in [1.807, 2.05) is 0 Å². The highest BCUT2D eigenvalue weighted by atomic mass is 35.5. The first-order valence-corrected chi connectivity index (χ1v) is 4.03. The molecule has 0 unspecified atom stereocenters. The van der Waals surface area contributed by atoms with Crippen molar-refractivity contribution >= 4 is 17.4 Å². The summed E-state index contributed by atoms with van der Waals surface area (Å²) in [5.74, 6) is -0.460. The van der Waals surface area contributed by atoms with E-state index in [1.165, 1.54) is 24.3 Å². The van der Waals surface area contributed by atoms with Crippen molar-refractivity contribution in [2.45, 2.75) is 0 Å². The van der Waals surface area contributed by atoms with Gasteiger partial charge in [0.1, 0.15) is 0 Å². The quantitative estimate of drug-likeness (QED) is 0.436. The van der Waals surface area contributed by atoms with Crippen LogP contribution in [0.25, 0.3) is 0 Å². The number of benzene rings is 1. The van der Waals surface area contributed by atoms with Crippen LogP contribution < -0.4 is 0 Å². The summed E-state index contributed by atoms with van der Waals surface area (Å²) in [4.78, 5) is 24.9. The Bertz CT molecular complexity index is 349. The summed E-state index contributed by atoms with van der Waals surface area (Å²) < 4.78 is 0. The average molecular weight is 216 g/mol. The van der Waals surface area contributed by atoms with Gasteiger partial charge in [0.15, 0.2) is 12.4 Å². The summed E-state index contributed by atoms with van der Waals surface area (Å²) in [6, 6.07) is 6.02. The van der Waals surface area contributed by atoms with Gasteiger partial charge in [0.2, 0.25) is 0 Å². The van der Waals surface area contributed by atoms with Gasteiger partial charge in [-0.05, 0) is 24.3 Å². The van der Waals surface area contributed by atoms with Crippen molar-refractivity contribution < 1.29 is 14.7 Å². The lowest BCUT2D eigenvalue weighted by Crippen LogP contribution is -2.12. The van der Waals surface area contributed by atoms with Gasteiger partial charge in [-0.1, -0.05) is 11.6 Å². The van der Waals surface area contributed by atoms with Crippen LogP contribution in [0.1, 0.15) is 10.4 Å². The summed E-state index contributed by atoms with van der Waals surface area (Å²) in [6.07, 6.45) is 0. The fourth-order valence-corrected chi connectivity index (χ4v) is 0.956. The monoisotopic (exact) mass is 215 g/mol. The van der Waals surface area contributed by atoms with Crippen molar-refractivity contribution in [3.05, 3.63) is 45.0 Å². The van der Waals surface area contributed by atoms with Crippen LogP contribution in [-0.2, 0) is 4.84 Å². The summed E-state index contributed by atoms with van der Waals surface area (Å²) in [7, 11) is 0. The summed E-state index contributed by atoms with van der Waals surface area (Å²) >= 11 is 5.59. The third kappa shape index (κ3) is 3.02. The van der Waals surface area contributed by atoms with Gasteiger partial charge in [-0.15, -0.1) is 10.1 Å². The van der Waals surface area contributed by atoms with E-state index in [0.717, 1.165) is 0 Å². The molecule has 5 nitrogen and oxygen atoms in total. The number of Topliss-reactive ketones (excluding diaryl/α,β-unsaturated/α-hetero) is 1. The number of nitrogens with zero attached hydrogens (tertiary/aromatic N) is 1.